The molecule has 0 amide bonds. The van der Waals surface area contributed by atoms with Crippen LogP contribution in [-0.2, 0) is 10.0 Å². The molecule has 4 nitrogen and oxygen atoms in total. The van der Waals surface area contributed by atoms with Gasteiger partial charge in [-0.1, -0.05) is 18.2 Å². The van der Waals surface area contributed by atoms with Gasteiger partial charge in [0.05, 0.1) is 5.75 Å². The van der Waals surface area contributed by atoms with Crippen molar-refractivity contribution >= 4 is 21.6 Å². The molecule has 0 saturated heterocycles. The molecule has 0 unspecified atom stereocenters. The van der Waals surface area contributed by atoms with E-state index in [1.807, 2.05) is 0 Å². The predicted octanol–water partition coefficient (Wildman–Crippen LogP) is 1.31. The van der Waals surface area contributed by atoms with E-state index in [9.17, 15) is 8.42 Å². The lowest BCUT2D eigenvalue weighted by Gasteiger charge is -2.11. The van der Waals surface area contributed by atoms with Crippen LogP contribution in [0.25, 0.3) is 0 Å². The summed E-state index contributed by atoms with van der Waals surface area (Å²) in [5.74, 6) is 0.120. The second kappa shape index (κ2) is 6.40. The van der Waals surface area contributed by atoms with Crippen molar-refractivity contribution in [3.8, 4) is 0 Å². The molecule has 1 N–H and O–H groups in total. The minimum Gasteiger partial charge on any atom is -0.237 e. The van der Waals surface area contributed by atoms with Crippen molar-refractivity contribution < 1.29 is 8.42 Å². The number of halogens is 1. The lowest BCUT2D eigenvalue weighted by atomic mass is 10.2. The second-order valence-electron chi connectivity index (χ2n) is 3.28. The number of nitrogens with zero attached hydrogens (tertiary/aromatic N) is 1. The standard InChI is InChI=1S/C8H17ClN2O2S/c1-8(9)6-4-5-7-14(12,13)10-11(2)3/h10H,1,4-7H2,2-3H3. The zero-order valence-electron chi connectivity index (χ0n) is 8.59. The first-order valence-corrected chi connectivity index (χ1v) is 6.37. The molecule has 0 atom stereocenters. The molecule has 84 valence electrons. The van der Waals surface area contributed by atoms with E-state index in [2.05, 4.69) is 11.4 Å². The van der Waals surface area contributed by atoms with E-state index in [0.717, 1.165) is 6.42 Å². The number of allylic oxidation sites excluding steroid dienone is 1. The van der Waals surface area contributed by atoms with Crippen molar-refractivity contribution in [3.05, 3.63) is 11.6 Å². The highest BCUT2D eigenvalue weighted by molar-refractivity contribution is 7.89. The summed E-state index contributed by atoms with van der Waals surface area (Å²) in [4.78, 5) is 2.36. The second-order valence-corrected chi connectivity index (χ2v) is 5.63. The van der Waals surface area contributed by atoms with Crippen LogP contribution >= 0.6 is 11.6 Å². The first-order valence-electron chi connectivity index (χ1n) is 4.34. The van der Waals surface area contributed by atoms with Gasteiger partial charge in [0.2, 0.25) is 10.0 Å². The highest BCUT2D eigenvalue weighted by Gasteiger charge is 2.09. The maximum absolute atomic E-state index is 11.3. The summed E-state index contributed by atoms with van der Waals surface area (Å²) in [5, 5.41) is 1.98. The van der Waals surface area contributed by atoms with E-state index >= 15 is 0 Å². The summed E-state index contributed by atoms with van der Waals surface area (Å²) in [6, 6.07) is 0. The quantitative estimate of drug-likeness (QED) is 0.539. The summed E-state index contributed by atoms with van der Waals surface area (Å²) < 4.78 is 22.6. The number of hydrogen-bond donors (Lipinski definition) is 1. The molecule has 0 aromatic rings. The third-order valence-corrected chi connectivity index (χ3v) is 3.09. The minimum atomic E-state index is -3.18. The van der Waals surface area contributed by atoms with E-state index < -0.39 is 10.0 Å². The smallest absolute Gasteiger partial charge is 0.224 e. The Hall–Kier alpha value is -0.100. The van der Waals surface area contributed by atoms with Crippen molar-refractivity contribution in [1.29, 1.82) is 0 Å². The summed E-state index contributed by atoms with van der Waals surface area (Å²) >= 11 is 5.54. The van der Waals surface area contributed by atoms with Crippen LogP contribution in [0.5, 0.6) is 0 Å². The maximum atomic E-state index is 11.3. The molecule has 0 bridgehead atoms. The number of sulfonamides is 1. The predicted molar refractivity (Wildman–Crippen MR) is 59.5 cm³/mol. The normalized spacial score (nSPS) is 12.0. The van der Waals surface area contributed by atoms with Crippen LogP contribution < -0.4 is 4.83 Å². The van der Waals surface area contributed by atoms with Gasteiger partial charge in [-0.3, -0.25) is 0 Å². The Kier molecular flexibility index (Phi) is 6.35. The number of hydrogen-bond acceptors (Lipinski definition) is 3. The van der Waals surface area contributed by atoms with Crippen LogP contribution in [-0.4, -0.2) is 33.3 Å². The number of nitrogens with one attached hydrogen (secondary N) is 1. The van der Waals surface area contributed by atoms with Gasteiger partial charge < -0.3 is 0 Å². The van der Waals surface area contributed by atoms with Gasteiger partial charge >= 0.3 is 0 Å². The molecule has 0 heterocycles. The summed E-state index contributed by atoms with van der Waals surface area (Å²) in [6.07, 6.45) is 2.00. The van der Waals surface area contributed by atoms with Crippen LogP contribution in [0.15, 0.2) is 11.6 Å². The van der Waals surface area contributed by atoms with Crippen molar-refractivity contribution in [3.63, 3.8) is 0 Å². The molecule has 0 radical (unpaired) electrons. The molecule has 0 spiro atoms. The molecule has 0 aromatic carbocycles. The average Bonchev–Trinajstić information content (AvgIpc) is 1.95. The highest BCUT2D eigenvalue weighted by Crippen LogP contribution is 2.09. The van der Waals surface area contributed by atoms with E-state index in [0.29, 0.717) is 17.9 Å². The maximum Gasteiger partial charge on any atom is 0.224 e. The number of unbranched alkanes of at least 4 members (excludes halogenated alkanes) is 1. The molecule has 6 heteroatoms. The first kappa shape index (κ1) is 13.9. The molecule has 0 aliphatic carbocycles. The molecule has 14 heavy (non-hydrogen) atoms. The van der Waals surface area contributed by atoms with Crippen LogP contribution in [0.4, 0.5) is 0 Å². The molecule has 0 fully saturated rings. The fourth-order valence-electron chi connectivity index (χ4n) is 0.933. The van der Waals surface area contributed by atoms with Crippen molar-refractivity contribution in [2.45, 2.75) is 19.3 Å². The fourth-order valence-corrected chi connectivity index (χ4v) is 2.30. The lowest BCUT2D eigenvalue weighted by molar-refractivity contribution is 0.363. The molecule has 0 rings (SSSR count). The van der Waals surface area contributed by atoms with Gasteiger partial charge in [0.15, 0.2) is 0 Å². The van der Waals surface area contributed by atoms with Gasteiger partial charge in [-0.25, -0.2) is 13.4 Å². The van der Waals surface area contributed by atoms with Gasteiger partial charge in [0, 0.05) is 19.1 Å². The molecular formula is C8H17ClN2O2S. The Morgan fingerprint density at radius 2 is 2.00 bits per heavy atom. The third-order valence-electron chi connectivity index (χ3n) is 1.43. The van der Waals surface area contributed by atoms with Gasteiger partial charge in [0.25, 0.3) is 0 Å². The molecule has 0 aliphatic heterocycles. The molecule has 0 saturated carbocycles. The number of hydrazine groups is 1. The van der Waals surface area contributed by atoms with Crippen molar-refractivity contribution in [2.75, 3.05) is 19.8 Å². The van der Waals surface area contributed by atoms with Gasteiger partial charge in [-0.2, -0.15) is 0 Å². The Balaban J connectivity index is 3.72. The summed E-state index contributed by atoms with van der Waals surface area (Å²) in [6.45, 7) is 3.53. The Morgan fingerprint density at radius 1 is 1.43 bits per heavy atom. The third kappa shape index (κ3) is 8.50. The molecule has 0 aliphatic rings. The van der Waals surface area contributed by atoms with E-state index in [1.165, 1.54) is 5.01 Å². The van der Waals surface area contributed by atoms with Gasteiger partial charge in [0.1, 0.15) is 0 Å². The van der Waals surface area contributed by atoms with Gasteiger partial charge in [-0.05, 0) is 19.3 Å². The van der Waals surface area contributed by atoms with Crippen LogP contribution in [0.1, 0.15) is 19.3 Å². The average molecular weight is 241 g/mol. The van der Waals surface area contributed by atoms with E-state index in [1.54, 1.807) is 14.1 Å². The SMILES string of the molecule is C=C(Cl)CCCCS(=O)(=O)NN(C)C. The summed E-state index contributed by atoms with van der Waals surface area (Å²) in [5.41, 5.74) is 0. The van der Waals surface area contributed by atoms with Crippen molar-refractivity contribution in [1.82, 2.24) is 9.84 Å². The molecule has 0 aromatic heterocycles. The van der Waals surface area contributed by atoms with E-state index in [4.69, 9.17) is 11.6 Å². The number of rotatable bonds is 7. The van der Waals surface area contributed by atoms with E-state index in [-0.39, 0.29) is 5.75 Å². The van der Waals surface area contributed by atoms with Crippen LogP contribution in [0.2, 0.25) is 0 Å². The summed E-state index contributed by atoms with van der Waals surface area (Å²) in [7, 11) is 0.0985. The van der Waals surface area contributed by atoms with Crippen LogP contribution in [0, 0.1) is 0 Å². The fraction of sp³-hybridized carbons (Fsp3) is 0.750. The monoisotopic (exact) mass is 240 g/mol. The Morgan fingerprint density at radius 3 is 2.43 bits per heavy atom. The Labute approximate surface area is 90.9 Å². The van der Waals surface area contributed by atoms with Gasteiger partial charge in [-0.15, -0.1) is 4.83 Å². The largest absolute Gasteiger partial charge is 0.237 e. The first-order chi connectivity index (χ1) is 6.33. The Bertz CT molecular complexity index is 275. The topological polar surface area (TPSA) is 49.4 Å². The minimum absolute atomic E-state index is 0.120. The lowest BCUT2D eigenvalue weighted by Crippen LogP contribution is -2.37. The van der Waals surface area contributed by atoms with Crippen LogP contribution in [0.3, 0.4) is 0 Å². The zero-order chi connectivity index (χ0) is 11.2. The zero-order valence-corrected chi connectivity index (χ0v) is 10.2. The highest BCUT2D eigenvalue weighted by atomic mass is 35.5. The molecular weight excluding hydrogens is 224 g/mol. The van der Waals surface area contributed by atoms with Crippen molar-refractivity contribution in [2.24, 2.45) is 0 Å².